The number of nitrogens with zero attached hydrogens (tertiary/aromatic N) is 5. The lowest BCUT2D eigenvalue weighted by atomic mass is 10.1. The number of hydrogen-bond acceptors (Lipinski definition) is 4. The van der Waals surface area contributed by atoms with Crippen LogP contribution < -0.4 is 5.32 Å². The van der Waals surface area contributed by atoms with Crippen molar-refractivity contribution in [2.45, 2.75) is 6.42 Å². The molecule has 3 aromatic heterocycles. The summed E-state index contributed by atoms with van der Waals surface area (Å²) in [5, 5.41) is 3.17. The number of fused-ring (bicyclic) bond motifs is 1. The topological polar surface area (TPSA) is 60.0 Å². The number of aromatic nitrogens is 5. The fourth-order valence-electron chi connectivity index (χ4n) is 2.92. The lowest BCUT2D eigenvalue weighted by Gasteiger charge is -2.07. The van der Waals surface area contributed by atoms with Crippen molar-refractivity contribution in [1.29, 1.82) is 0 Å². The first-order chi connectivity index (χ1) is 11.8. The molecule has 0 saturated heterocycles. The van der Waals surface area contributed by atoms with Crippen LogP contribution in [0.2, 0.25) is 0 Å². The summed E-state index contributed by atoms with van der Waals surface area (Å²) in [6.07, 6.45) is 10.0. The van der Waals surface area contributed by atoms with Gasteiger partial charge in [0.2, 0.25) is 0 Å². The smallest absolute Gasteiger partial charge is 0.159 e. The van der Waals surface area contributed by atoms with E-state index in [0.29, 0.717) is 0 Å². The highest BCUT2D eigenvalue weighted by Crippen LogP contribution is 2.22. The SMILES string of the molecule is CNc1cccc(Cc2nccn3c(-c4cncn4C)cnc23)c1. The van der Waals surface area contributed by atoms with Crippen molar-refractivity contribution >= 4 is 11.3 Å². The lowest BCUT2D eigenvalue weighted by Crippen LogP contribution is -2.00. The first-order valence-electron chi connectivity index (χ1n) is 7.80. The molecular formula is C18H18N6. The average Bonchev–Trinajstić information content (AvgIpc) is 3.21. The van der Waals surface area contributed by atoms with Crippen LogP contribution in [0.3, 0.4) is 0 Å². The molecule has 0 aliphatic rings. The first-order valence-corrected chi connectivity index (χ1v) is 7.80. The van der Waals surface area contributed by atoms with E-state index in [1.54, 1.807) is 6.33 Å². The molecule has 0 aliphatic heterocycles. The molecule has 3 heterocycles. The Morgan fingerprint density at radius 2 is 2.04 bits per heavy atom. The van der Waals surface area contributed by atoms with Gasteiger partial charge in [0.05, 0.1) is 35.8 Å². The van der Waals surface area contributed by atoms with Gasteiger partial charge in [-0.25, -0.2) is 9.97 Å². The van der Waals surface area contributed by atoms with Gasteiger partial charge in [0.1, 0.15) is 0 Å². The molecule has 4 rings (SSSR count). The van der Waals surface area contributed by atoms with Crippen molar-refractivity contribution in [2.75, 3.05) is 12.4 Å². The van der Waals surface area contributed by atoms with Crippen LogP contribution in [0.1, 0.15) is 11.3 Å². The molecule has 6 heteroatoms. The summed E-state index contributed by atoms with van der Waals surface area (Å²) in [7, 11) is 3.90. The highest BCUT2D eigenvalue weighted by Gasteiger charge is 2.12. The fraction of sp³-hybridized carbons (Fsp3) is 0.167. The summed E-state index contributed by atoms with van der Waals surface area (Å²) in [5.41, 5.74) is 6.17. The van der Waals surface area contributed by atoms with Crippen molar-refractivity contribution < 1.29 is 0 Å². The third kappa shape index (κ3) is 2.42. The van der Waals surface area contributed by atoms with Crippen LogP contribution in [0.5, 0.6) is 0 Å². The Morgan fingerprint density at radius 1 is 1.12 bits per heavy atom. The molecule has 0 aliphatic carbocycles. The number of imidazole rings is 2. The van der Waals surface area contributed by atoms with Gasteiger partial charge in [0.25, 0.3) is 0 Å². The Labute approximate surface area is 139 Å². The van der Waals surface area contributed by atoms with Crippen molar-refractivity contribution in [3.8, 4) is 11.4 Å². The Balaban J connectivity index is 1.77. The Kier molecular flexibility index (Phi) is 3.49. The molecule has 0 saturated carbocycles. The molecule has 1 N–H and O–H groups in total. The van der Waals surface area contributed by atoms with Crippen LogP contribution in [0.15, 0.2) is 55.4 Å². The van der Waals surface area contributed by atoms with Crippen molar-refractivity contribution in [3.63, 3.8) is 0 Å². The standard InChI is InChI=1S/C18H18N6/c1-19-14-5-3-4-13(8-14)9-15-18-22-11-17(24(18)7-6-21-15)16-10-20-12-23(16)2/h3-8,10-12,19H,9H2,1-2H3. The van der Waals surface area contributed by atoms with E-state index in [4.69, 9.17) is 0 Å². The minimum absolute atomic E-state index is 0.738. The van der Waals surface area contributed by atoms with E-state index in [-0.39, 0.29) is 0 Å². The molecule has 0 fully saturated rings. The maximum Gasteiger partial charge on any atom is 0.159 e. The first kappa shape index (κ1) is 14.4. The van der Waals surface area contributed by atoms with Crippen LogP contribution in [-0.2, 0) is 13.5 Å². The number of nitrogens with one attached hydrogen (secondary N) is 1. The summed E-state index contributed by atoms with van der Waals surface area (Å²) >= 11 is 0. The van der Waals surface area contributed by atoms with E-state index in [2.05, 4.69) is 36.8 Å². The van der Waals surface area contributed by atoms with Crippen LogP contribution in [-0.4, -0.2) is 31.0 Å². The zero-order valence-corrected chi connectivity index (χ0v) is 13.6. The normalized spacial score (nSPS) is 11.1. The number of anilines is 1. The maximum atomic E-state index is 4.60. The van der Waals surface area contributed by atoms with E-state index in [1.165, 1.54) is 5.56 Å². The van der Waals surface area contributed by atoms with Gasteiger partial charge in [-0.2, -0.15) is 0 Å². The van der Waals surface area contributed by atoms with Crippen LogP contribution in [0.4, 0.5) is 5.69 Å². The molecule has 24 heavy (non-hydrogen) atoms. The zero-order chi connectivity index (χ0) is 16.5. The van der Waals surface area contributed by atoms with Gasteiger partial charge in [-0.1, -0.05) is 12.1 Å². The van der Waals surface area contributed by atoms with Gasteiger partial charge in [-0.15, -0.1) is 0 Å². The van der Waals surface area contributed by atoms with Crippen molar-refractivity contribution in [1.82, 2.24) is 23.9 Å². The minimum Gasteiger partial charge on any atom is -0.388 e. The quantitative estimate of drug-likeness (QED) is 0.628. The molecule has 120 valence electrons. The third-order valence-electron chi connectivity index (χ3n) is 4.17. The van der Waals surface area contributed by atoms with Crippen LogP contribution in [0.25, 0.3) is 17.0 Å². The predicted octanol–water partition coefficient (Wildman–Crippen LogP) is 2.76. The van der Waals surface area contributed by atoms with E-state index in [0.717, 1.165) is 34.8 Å². The summed E-state index contributed by atoms with van der Waals surface area (Å²) in [4.78, 5) is 13.3. The summed E-state index contributed by atoms with van der Waals surface area (Å²) < 4.78 is 4.06. The number of hydrogen-bond donors (Lipinski definition) is 1. The molecular weight excluding hydrogens is 300 g/mol. The molecule has 0 amide bonds. The van der Waals surface area contributed by atoms with Gasteiger partial charge in [0, 0.05) is 38.6 Å². The number of benzene rings is 1. The van der Waals surface area contributed by atoms with Gasteiger partial charge in [-0.3, -0.25) is 9.38 Å². The number of aryl methyl sites for hydroxylation is 1. The summed E-state index contributed by atoms with van der Waals surface area (Å²) in [6.45, 7) is 0. The van der Waals surface area contributed by atoms with E-state index in [9.17, 15) is 0 Å². The molecule has 0 bridgehead atoms. The molecule has 0 unspecified atom stereocenters. The second kappa shape index (κ2) is 5.81. The highest BCUT2D eigenvalue weighted by molar-refractivity contribution is 5.61. The van der Waals surface area contributed by atoms with Crippen molar-refractivity contribution in [3.05, 3.63) is 66.6 Å². The second-order valence-corrected chi connectivity index (χ2v) is 5.73. The molecule has 0 atom stereocenters. The summed E-state index contributed by atoms with van der Waals surface area (Å²) in [6, 6.07) is 8.34. The van der Waals surface area contributed by atoms with Gasteiger partial charge >= 0.3 is 0 Å². The Bertz CT molecular complexity index is 998. The maximum absolute atomic E-state index is 4.60. The van der Waals surface area contributed by atoms with Crippen LogP contribution in [0, 0.1) is 0 Å². The predicted molar refractivity (Wildman–Crippen MR) is 94.0 cm³/mol. The summed E-state index contributed by atoms with van der Waals surface area (Å²) in [5.74, 6) is 0. The Morgan fingerprint density at radius 3 is 2.83 bits per heavy atom. The number of rotatable bonds is 4. The lowest BCUT2D eigenvalue weighted by molar-refractivity contribution is 0.912. The van der Waals surface area contributed by atoms with E-state index in [1.807, 2.05) is 55.6 Å². The van der Waals surface area contributed by atoms with E-state index >= 15 is 0 Å². The Hall–Kier alpha value is -3.15. The molecule has 1 aromatic carbocycles. The molecule has 0 spiro atoms. The third-order valence-corrected chi connectivity index (χ3v) is 4.17. The highest BCUT2D eigenvalue weighted by atomic mass is 15.1. The fourth-order valence-corrected chi connectivity index (χ4v) is 2.92. The van der Waals surface area contributed by atoms with Gasteiger partial charge in [-0.05, 0) is 17.7 Å². The van der Waals surface area contributed by atoms with Crippen LogP contribution >= 0.6 is 0 Å². The second-order valence-electron chi connectivity index (χ2n) is 5.73. The minimum atomic E-state index is 0.738. The molecule has 6 nitrogen and oxygen atoms in total. The molecule has 4 aromatic rings. The van der Waals surface area contributed by atoms with Crippen molar-refractivity contribution in [2.24, 2.45) is 7.05 Å². The van der Waals surface area contributed by atoms with E-state index < -0.39 is 0 Å². The molecule has 0 radical (unpaired) electrons. The zero-order valence-electron chi connectivity index (χ0n) is 13.6. The van der Waals surface area contributed by atoms with Gasteiger partial charge < -0.3 is 9.88 Å². The largest absolute Gasteiger partial charge is 0.388 e. The van der Waals surface area contributed by atoms with Gasteiger partial charge in [0.15, 0.2) is 5.65 Å². The monoisotopic (exact) mass is 318 g/mol. The average molecular weight is 318 g/mol.